The fourth-order valence-electron chi connectivity index (χ4n) is 2.00. The third-order valence-corrected chi connectivity index (χ3v) is 3.09. The van der Waals surface area contributed by atoms with Crippen LogP contribution < -0.4 is 10.6 Å². The van der Waals surface area contributed by atoms with Gasteiger partial charge in [-0.2, -0.15) is 0 Å². The summed E-state index contributed by atoms with van der Waals surface area (Å²) < 4.78 is 12.8. The Morgan fingerprint density at radius 3 is 2.44 bits per heavy atom. The van der Waals surface area contributed by atoms with E-state index < -0.39 is 0 Å². The molecule has 0 fully saturated rings. The van der Waals surface area contributed by atoms with Crippen LogP contribution in [0.4, 0.5) is 15.8 Å². The lowest BCUT2D eigenvalue weighted by Crippen LogP contribution is -2.17. The summed E-state index contributed by atoms with van der Waals surface area (Å²) in [6, 6.07) is 12.4. The minimum Gasteiger partial charge on any atom is -0.398 e. The van der Waals surface area contributed by atoms with Crippen molar-refractivity contribution in [2.24, 2.45) is 0 Å². The van der Waals surface area contributed by atoms with Crippen molar-refractivity contribution in [3.63, 3.8) is 0 Å². The molecule has 0 saturated carbocycles. The summed E-state index contributed by atoms with van der Waals surface area (Å²) in [4.78, 5) is 2.11. The van der Waals surface area contributed by atoms with Gasteiger partial charge in [0.1, 0.15) is 5.82 Å². The molecule has 0 unspecified atom stereocenters. The Morgan fingerprint density at radius 1 is 1.11 bits per heavy atom. The maximum absolute atomic E-state index is 12.8. The summed E-state index contributed by atoms with van der Waals surface area (Å²) in [5.74, 6) is -0.207. The Labute approximate surface area is 107 Å². The highest BCUT2D eigenvalue weighted by Gasteiger charge is 2.07. The van der Waals surface area contributed by atoms with E-state index in [0.29, 0.717) is 0 Å². The van der Waals surface area contributed by atoms with Gasteiger partial charge < -0.3 is 10.6 Å². The van der Waals surface area contributed by atoms with Gasteiger partial charge in [-0.15, -0.1) is 0 Å². The fraction of sp³-hybridized carbons (Fsp3) is 0.200. The lowest BCUT2D eigenvalue weighted by atomic mass is 10.1. The monoisotopic (exact) mass is 244 g/mol. The number of nitrogen functional groups attached to an aromatic ring is 1. The van der Waals surface area contributed by atoms with Crippen molar-refractivity contribution in [2.45, 2.75) is 13.5 Å². The molecule has 0 radical (unpaired) electrons. The molecule has 0 aliphatic carbocycles. The summed E-state index contributed by atoms with van der Waals surface area (Å²) in [5.41, 5.74) is 9.92. The van der Waals surface area contributed by atoms with E-state index in [1.54, 1.807) is 12.1 Å². The average Bonchev–Trinajstić information content (AvgIpc) is 2.35. The van der Waals surface area contributed by atoms with Crippen molar-refractivity contribution in [3.8, 4) is 0 Å². The number of hydrogen-bond donors (Lipinski definition) is 1. The highest BCUT2D eigenvalue weighted by Crippen LogP contribution is 2.24. The molecule has 0 aliphatic heterocycles. The van der Waals surface area contributed by atoms with Gasteiger partial charge in [0, 0.05) is 25.0 Å². The van der Waals surface area contributed by atoms with Crippen LogP contribution in [-0.2, 0) is 6.54 Å². The molecule has 0 spiro atoms. The smallest absolute Gasteiger partial charge is 0.123 e. The van der Waals surface area contributed by atoms with Gasteiger partial charge in [-0.1, -0.05) is 18.2 Å². The fourth-order valence-corrected chi connectivity index (χ4v) is 2.00. The number of halogens is 1. The van der Waals surface area contributed by atoms with Crippen LogP contribution in [0.15, 0.2) is 42.5 Å². The Balaban J connectivity index is 2.19. The molecular formula is C15H17FN2. The highest BCUT2D eigenvalue weighted by molar-refractivity contribution is 5.63. The lowest BCUT2D eigenvalue weighted by Gasteiger charge is -2.22. The van der Waals surface area contributed by atoms with Crippen LogP contribution >= 0.6 is 0 Å². The van der Waals surface area contributed by atoms with Gasteiger partial charge in [0.15, 0.2) is 0 Å². The molecule has 0 aliphatic rings. The molecule has 0 atom stereocenters. The normalized spacial score (nSPS) is 10.4. The van der Waals surface area contributed by atoms with Crippen LogP contribution in [0.5, 0.6) is 0 Å². The average molecular weight is 244 g/mol. The molecule has 94 valence electrons. The van der Waals surface area contributed by atoms with E-state index in [0.717, 1.165) is 29.0 Å². The number of nitrogens with zero attached hydrogens (tertiary/aromatic N) is 1. The van der Waals surface area contributed by atoms with Gasteiger partial charge in [-0.3, -0.25) is 0 Å². The van der Waals surface area contributed by atoms with Crippen LogP contribution in [0.25, 0.3) is 0 Å². The zero-order valence-electron chi connectivity index (χ0n) is 10.7. The standard InChI is InChI=1S/C15H17FN2/c1-11-14(17)4-3-5-15(11)18(2)10-12-6-8-13(16)9-7-12/h3-9H,10,17H2,1-2H3. The number of hydrogen-bond acceptors (Lipinski definition) is 2. The molecular weight excluding hydrogens is 227 g/mol. The van der Waals surface area contributed by atoms with E-state index in [1.165, 1.54) is 12.1 Å². The third-order valence-electron chi connectivity index (χ3n) is 3.09. The zero-order chi connectivity index (χ0) is 13.1. The maximum atomic E-state index is 12.8. The second-order valence-electron chi connectivity index (χ2n) is 4.47. The molecule has 2 rings (SSSR count). The summed E-state index contributed by atoms with van der Waals surface area (Å²) in [6.07, 6.45) is 0. The second kappa shape index (κ2) is 5.08. The minimum atomic E-state index is -0.207. The molecule has 0 aromatic heterocycles. The number of rotatable bonds is 3. The maximum Gasteiger partial charge on any atom is 0.123 e. The predicted octanol–water partition coefficient (Wildman–Crippen LogP) is 3.35. The van der Waals surface area contributed by atoms with Crippen LogP contribution in [0, 0.1) is 12.7 Å². The zero-order valence-corrected chi connectivity index (χ0v) is 10.7. The van der Waals surface area contributed by atoms with Gasteiger partial charge in [0.2, 0.25) is 0 Å². The molecule has 0 bridgehead atoms. The van der Waals surface area contributed by atoms with E-state index in [-0.39, 0.29) is 5.82 Å². The summed E-state index contributed by atoms with van der Waals surface area (Å²) in [5, 5.41) is 0. The Morgan fingerprint density at radius 2 is 1.78 bits per heavy atom. The summed E-state index contributed by atoms with van der Waals surface area (Å²) >= 11 is 0. The molecule has 2 aromatic rings. The van der Waals surface area contributed by atoms with Gasteiger partial charge in [-0.05, 0) is 42.3 Å². The van der Waals surface area contributed by atoms with E-state index >= 15 is 0 Å². The van der Waals surface area contributed by atoms with Gasteiger partial charge in [0.25, 0.3) is 0 Å². The molecule has 0 heterocycles. The van der Waals surface area contributed by atoms with Crippen molar-refractivity contribution in [3.05, 3.63) is 59.4 Å². The van der Waals surface area contributed by atoms with Crippen LogP contribution in [0.2, 0.25) is 0 Å². The van der Waals surface area contributed by atoms with Crippen molar-refractivity contribution in [1.82, 2.24) is 0 Å². The summed E-state index contributed by atoms with van der Waals surface area (Å²) in [7, 11) is 2.01. The first-order chi connectivity index (χ1) is 8.58. The molecule has 0 saturated heterocycles. The number of benzene rings is 2. The predicted molar refractivity (Wildman–Crippen MR) is 74.1 cm³/mol. The van der Waals surface area contributed by atoms with Gasteiger partial charge >= 0.3 is 0 Å². The van der Waals surface area contributed by atoms with Crippen molar-refractivity contribution >= 4 is 11.4 Å². The largest absolute Gasteiger partial charge is 0.398 e. The van der Waals surface area contributed by atoms with Gasteiger partial charge in [0.05, 0.1) is 0 Å². The minimum absolute atomic E-state index is 0.207. The Hall–Kier alpha value is -2.03. The molecule has 3 heteroatoms. The van der Waals surface area contributed by atoms with E-state index in [9.17, 15) is 4.39 Å². The molecule has 2 nitrogen and oxygen atoms in total. The van der Waals surface area contributed by atoms with E-state index in [1.807, 2.05) is 32.2 Å². The molecule has 2 aromatic carbocycles. The first kappa shape index (κ1) is 12.4. The van der Waals surface area contributed by atoms with Crippen LogP contribution in [0.1, 0.15) is 11.1 Å². The Bertz CT molecular complexity index is 535. The molecule has 2 N–H and O–H groups in total. The SMILES string of the molecule is Cc1c(N)cccc1N(C)Cc1ccc(F)cc1. The first-order valence-electron chi connectivity index (χ1n) is 5.88. The highest BCUT2D eigenvalue weighted by atomic mass is 19.1. The van der Waals surface area contributed by atoms with Crippen LogP contribution in [0.3, 0.4) is 0 Å². The number of anilines is 2. The van der Waals surface area contributed by atoms with E-state index in [2.05, 4.69) is 4.90 Å². The number of nitrogens with two attached hydrogens (primary N) is 1. The summed E-state index contributed by atoms with van der Waals surface area (Å²) in [6.45, 7) is 2.73. The topological polar surface area (TPSA) is 29.3 Å². The first-order valence-corrected chi connectivity index (χ1v) is 5.88. The molecule has 18 heavy (non-hydrogen) atoms. The third kappa shape index (κ3) is 2.62. The molecule has 0 amide bonds. The van der Waals surface area contributed by atoms with Crippen molar-refractivity contribution < 1.29 is 4.39 Å². The Kier molecular flexibility index (Phi) is 3.51. The quantitative estimate of drug-likeness (QED) is 0.839. The lowest BCUT2D eigenvalue weighted by molar-refractivity contribution is 0.627. The van der Waals surface area contributed by atoms with E-state index in [4.69, 9.17) is 5.73 Å². The van der Waals surface area contributed by atoms with Crippen molar-refractivity contribution in [2.75, 3.05) is 17.7 Å². The second-order valence-corrected chi connectivity index (χ2v) is 4.47. The van der Waals surface area contributed by atoms with Gasteiger partial charge in [-0.25, -0.2) is 4.39 Å². The van der Waals surface area contributed by atoms with Crippen molar-refractivity contribution in [1.29, 1.82) is 0 Å². The van der Waals surface area contributed by atoms with Crippen LogP contribution in [-0.4, -0.2) is 7.05 Å².